The number of rotatable bonds is 7. The van der Waals surface area contributed by atoms with Gasteiger partial charge in [-0.05, 0) is 64.0 Å². The van der Waals surface area contributed by atoms with Gasteiger partial charge in [-0.3, -0.25) is 4.90 Å². The molecular weight excluding hydrogens is 298 g/mol. The summed E-state index contributed by atoms with van der Waals surface area (Å²) in [4.78, 5) is 7.57. The molecule has 0 N–H and O–H groups in total. The van der Waals surface area contributed by atoms with Gasteiger partial charge in [0.1, 0.15) is 5.75 Å². The van der Waals surface area contributed by atoms with Crippen molar-refractivity contribution in [2.75, 3.05) is 60.0 Å². The minimum atomic E-state index is 1.04. The Balaban J connectivity index is 1.51. The average molecular weight is 332 g/mol. The Bertz CT molecular complexity index is 506. The van der Waals surface area contributed by atoms with Crippen LogP contribution in [0.15, 0.2) is 18.2 Å². The lowest BCUT2D eigenvalue weighted by molar-refractivity contribution is 0.153. The number of piperazine rings is 1. The molecule has 0 atom stereocenters. The van der Waals surface area contributed by atoms with Gasteiger partial charge in [-0.2, -0.15) is 0 Å². The van der Waals surface area contributed by atoms with Crippen LogP contribution in [0.4, 0.5) is 0 Å². The van der Waals surface area contributed by atoms with Gasteiger partial charge in [-0.15, -0.1) is 0 Å². The van der Waals surface area contributed by atoms with Crippen LogP contribution in [0.5, 0.6) is 5.75 Å². The summed E-state index contributed by atoms with van der Waals surface area (Å²) in [6.07, 6.45) is 5.10. The van der Waals surface area contributed by atoms with Gasteiger partial charge in [-0.25, -0.2) is 0 Å². The lowest BCUT2D eigenvalue weighted by atomic mass is 10.0. The van der Waals surface area contributed by atoms with E-state index in [1.165, 1.54) is 82.6 Å². The lowest BCUT2D eigenvalue weighted by Crippen LogP contribution is -2.44. The Hall–Kier alpha value is -1.10. The molecule has 4 nitrogen and oxygen atoms in total. The monoisotopic (exact) mass is 331 g/mol. The van der Waals surface area contributed by atoms with Gasteiger partial charge < -0.3 is 14.5 Å². The molecule has 4 heteroatoms. The molecule has 3 rings (SSSR count). The minimum absolute atomic E-state index is 1.04. The lowest BCUT2D eigenvalue weighted by Gasteiger charge is -2.32. The van der Waals surface area contributed by atoms with E-state index in [-0.39, 0.29) is 0 Å². The van der Waals surface area contributed by atoms with Crippen molar-refractivity contribution in [1.29, 1.82) is 0 Å². The van der Waals surface area contributed by atoms with E-state index in [9.17, 15) is 0 Å². The van der Waals surface area contributed by atoms with Gasteiger partial charge in [0, 0.05) is 38.3 Å². The first-order valence-electron chi connectivity index (χ1n) is 9.53. The molecule has 2 aliphatic heterocycles. The number of benzene rings is 1. The van der Waals surface area contributed by atoms with Crippen LogP contribution < -0.4 is 4.74 Å². The van der Waals surface area contributed by atoms with Crippen molar-refractivity contribution in [3.8, 4) is 5.75 Å². The number of hydrogen-bond acceptors (Lipinski definition) is 4. The fourth-order valence-corrected chi connectivity index (χ4v) is 3.87. The molecule has 0 radical (unpaired) electrons. The van der Waals surface area contributed by atoms with Crippen LogP contribution in [-0.2, 0) is 13.0 Å². The van der Waals surface area contributed by atoms with E-state index in [1.54, 1.807) is 7.11 Å². The van der Waals surface area contributed by atoms with Crippen LogP contribution in [-0.4, -0.2) is 74.7 Å². The number of methoxy groups -OCH3 is 1. The predicted octanol–water partition coefficient (Wildman–Crippen LogP) is 2.47. The van der Waals surface area contributed by atoms with Crippen molar-refractivity contribution < 1.29 is 4.74 Å². The van der Waals surface area contributed by atoms with Gasteiger partial charge >= 0.3 is 0 Å². The van der Waals surface area contributed by atoms with E-state index in [0.717, 1.165) is 12.3 Å². The highest BCUT2D eigenvalue weighted by molar-refractivity contribution is 5.37. The Labute approximate surface area is 147 Å². The van der Waals surface area contributed by atoms with E-state index < -0.39 is 0 Å². The normalized spacial score (nSPS) is 20.6. The molecule has 2 saturated heterocycles. The third kappa shape index (κ3) is 4.95. The van der Waals surface area contributed by atoms with E-state index in [4.69, 9.17) is 4.74 Å². The molecule has 0 saturated carbocycles. The standard InChI is InChI=1S/C20H33N3O/c1-21-12-14-22(15-13-21)11-5-6-18-7-8-20(24-2)19(16-18)17-23-9-3-4-10-23/h7-8,16H,3-6,9-15,17H2,1-2H3. The Morgan fingerprint density at radius 3 is 2.42 bits per heavy atom. The highest BCUT2D eigenvalue weighted by atomic mass is 16.5. The minimum Gasteiger partial charge on any atom is -0.496 e. The fourth-order valence-electron chi connectivity index (χ4n) is 3.87. The quantitative estimate of drug-likeness (QED) is 0.764. The van der Waals surface area contributed by atoms with Crippen LogP contribution in [0.25, 0.3) is 0 Å². The molecule has 0 amide bonds. The van der Waals surface area contributed by atoms with E-state index in [2.05, 4.69) is 39.9 Å². The van der Waals surface area contributed by atoms with Crippen LogP contribution >= 0.6 is 0 Å². The molecule has 2 fully saturated rings. The van der Waals surface area contributed by atoms with Crippen LogP contribution in [0.2, 0.25) is 0 Å². The molecule has 24 heavy (non-hydrogen) atoms. The summed E-state index contributed by atoms with van der Waals surface area (Å²) >= 11 is 0. The first kappa shape index (κ1) is 17.7. The fraction of sp³-hybridized carbons (Fsp3) is 0.700. The number of likely N-dealkylation sites (tertiary alicyclic amines) is 1. The first-order valence-corrected chi connectivity index (χ1v) is 9.53. The third-order valence-corrected chi connectivity index (χ3v) is 5.47. The van der Waals surface area contributed by atoms with Gasteiger partial charge in [0.25, 0.3) is 0 Å². The number of likely N-dealkylation sites (N-methyl/N-ethyl adjacent to an activating group) is 1. The molecular formula is C20H33N3O. The maximum Gasteiger partial charge on any atom is 0.123 e. The molecule has 0 bridgehead atoms. The Morgan fingerprint density at radius 2 is 1.71 bits per heavy atom. The maximum absolute atomic E-state index is 5.58. The number of ether oxygens (including phenoxy) is 1. The zero-order chi connectivity index (χ0) is 16.8. The number of hydrogen-bond donors (Lipinski definition) is 0. The third-order valence-electron chi connectivity index (χ3n) is 5.47. The van der Waals surface area contributed by atoms with Crippen molar-refractivity contribution in [2.24, 2.45) is 0 Å². The average Bonchev–Trinajstić information content (AvgIpc) is 3.10. The van der Waals surface area contributed by atoms with Crippen LogP contribution in [0.3, 0.4) is 0 Å². The second kappa shape index (κ2) is 8.84. The Kier molecular flexibility index (Phi) is 6.52. The van der Waals surface area contributed by atoms with Gasteiger partial charge in [0.05, 0.1) is 7.11 Å². The second-order valence-electron chi connectivity index (χ2n) is 7.38. The van der Waals surface area contributed by atoms with Crippen molar-refractivity contribution in [3.05, 3.63) is 29.3 Å². The maximum atomic E-state index is 5.58. The van der Waals surface area contributed by atoms with Crippen LogP contribution in [0, 0.1) is 0 Å². The highest BCUT2D eigenvalue weighted by Gasteiger charge is 2.15. The van der Waals surface area contributed by atoms with E-state index in [1.807, 2.05) is 0 Å². The molecule has 0 spiro atoms. The summed E-state index contributed by atoms with van der Waals surface area (Å²) < 4.78 is 5.58. The molecule has 0 unspecified atom stereocenters. The van der Waals surface area contributed by atoms with Crippen molar-refractivity contribution in [2.45, 2.75) is 32.2 Å². The molecule has 1 aromatic carbocycles. The van der Waals surface area contributed by atoms with Crippen molar-refractivity contribution >= 4 is 0 Å². The zero-order valence-electron chi connectivity index (χ0n) is 15.5. The molecule has 0 aliphatic carbocycles. The summed E-state index contributed by atoms with van der Waals surface area (Å²) in [6.45, 7) is 9.59. The summed E-state index contributed by atoms with van der Waals surface area (Å²) in [5.74, 6) is 1.05. The predicted molar refractivity (Wildman–Crippen MR) is 99.8 cm³/mol. The number of aryl methyl sites for hydroxylation is 1. The SMILES string of the molecule is COc1ccc(CCCN2CCN(C)CC2)cc1CN1CCCC1. The largest absolute Gasteiger partial charge is 0.496 e. The topological polar surface area (TPSA) is 19.0 Å². The van der Waals surface area contributed by atoms with E-state index >= 15 is 0 Å². The second-order valence-corrected chi connectivity index (χ2v) is 7.38. The molecule has 2 aliphatic rings. The number of nitrogens with zero attached hydrogens (tertiary/aromatic N) is 3. The highest BCUT2D eigenvalue weighted by Crippen LogP contribution is 2.24. The van der Waals surface area contributed by atoms with Crippen molar-refractivity contribution in [1.82, 2.24) is 14.7 Å². The molecule has 2 heterocycles. The van der Waals surface area contributed by atoms with Gasteiger partial charge in [-0.1, -0.05) is 12.1 Å². The molecule has 0 aromatic heterocycles. The molecule has 134 valence electrons. The van der Waals surface area contributed by atoms with Crippen molar-refractivity contribution in [3.63, 3.8) is 0 Å². The van der Waals surface area contributed by atoms with Gasteiger partial charge in [0.2, 0.25) is 0 Å². The smallest absolute Gasteiger partial charge is 0.123 e. The van der Waals surface area contributed by atoms with Gasteiger partial charge in [0.15, 0.2) is 0 Å². The van der Waals surface area contributed by atoms with E-state index in [0.29, 0.717) is 0 Å². The van der Waals surface area contributed by atoms with Crippen LogP contribution in [0.1, 0.15) is 30.4 Å². The first-order chi connectivity index (χ1) is 11.7. The summed E-state index contributed by atoms with van der Waals surface area (Å²) in [5, 5.41) is 0. The zero-order valence-corrected chi connectivity index (χ0v) is 15.5. The Morgan fingerprint density at radius 1 is 0.958 bits per heavy atom. The summed E-state index contributed by atoms with van der Waals surface area (Å²) in [6, 6.07) is 6.79. The summed E-state index contributed by atoms with van der Waals surface area (Å²) in [7, 11) is 4.01. The molecule has 1 aromatic rings. The summed E-state index contributed by atoms with van der Waals surface area (Å²) in [5.41, 5.74) is 2.82.